The lowest BCUT2D eigenvalue weighted by atomic mass is 9.72. The van der Waals surface area contributed by atoms with Crippen LogP contribution < -0.4 is 15.4 Å². The summed E-state index contributed by atoms with van der Waals surface area (Å²) in [4.78, 5) is 20.2. The molecule has 1 aliphatic rings. The van der Waals surface area contributed by atoms with Crippen molar-refractivity contribution >= 4 is 33.4 Å². The lowest BCUT2D eigenvalue weighted by Crippen LogP contribution is -2.38. The topological polar surface area (TPSA) is 122 Å². The van der Waals surface area contributed by atoms with Crippen molar-refractivity contribution in [1.82, 2.24) is 15.3 Å². The van der Waals surface area contributed by atoms with Crippen LogP contribution in [0.5, 0.6) is 0 Å². The molecule has 13 heteroatoms. The lowest BCUT2D eigenvalue weighted by Gasteiger charge is -2.34. The van der Waals surface area contributed by atoms with Crippen molar-refractivity contribution in [3.8, 4) is 0 Å². The van der Waals surface area contributed by atoms with E-state index in [2.05, 4.69) is 25.3 Å². The third kappa shape index (κ3) is 8.36. The summed E-state index contributed by atoms with van der Waals surface area (Å²) in [6.07, 6.45) is -0.282. The first-order chi connectivity index (χ1) is 15.9. The van der Waals surface area contributed by atoms with Crippen molar-refractivity contribution in [2.24, 2.45) is 5.92 Å². The highest BCUT2D eigenvalue weighted by atomic mass is 32.2. The van der Waals surface area contributed by atoms with Gasteiger partial charge in [0.1, 0.15) is 0 Å². The average Bonchev–Trinajstić information content (AvgIpc) is 2.67. The molecule has 0 spiro atoms. The van der Waals surface area contributed by atoms with Crippen LogP contribution in [0.15, 0.2) is 36.7 Å². The Hall–Kier alpha value is -3.09. The Balaban J connectivity index is 1.40. The fraction of sp³-hybridized carbons (Fsp3) is 0.476. The average molecular weight is 502 g/mol. The van der Waals surface area contributed by atoms with Crippen LogP contribution >= 0.6 is 0 Å². The summed E-state index contributed by atoms with van der Waals surface area (Å²) in [5, 5.41) is 5.22. The molecule has 1 amide bonds. The molecule has 0 aliphatic heterocycles. The number of aromatic nitrogens is 2. The molecule has 1 atom stereocenters. The van der Waals surface area contributed by atoms with Crippen molar-refractivity contribution in [1.29, 1.82) is 0 Å². The predicted molar refractivity (Wildman–Crippen MR) is 120 cm³/mol. The SMILES string of the molecule is C[C@@H](CC(F)(F)F)NC(=O)OCC1CC(c2cnc(Nc3ccc(NS(C)(=O)=O)cc3)nc2)C1. The monoisotopic (exact) mass is 501 g/mol. The molecule has 9 nitrogen and oxygen atoms in total. The summed E-state index contributed by atoms with van der Waals surface area (Å²) in [5.41, 5.74) is 2.08. The molecule has 1 aromatic carbocycles. The van der Waals surface area contributed by atoms with Gasteiger partial charge >= 0.3 is 12.3 Å². The molecule has 3 N–H and O–H groups in total. The molecule has 0 bridgehead atoms. The molecular weight excluding hydrogens is 475 g/mol. The zero-order valence-electron chi connectivity index (χ0n) is 18.6. The Bertz CT molecular complexity index is 1070. The van der Waals surface area contributed by atoms with Gasteiger partial charge in [0.2, 0.25) is 16.0 Å². The van der Waals surface area contributed by atoms with Crippen molar-refractivity contribution in [3.05, 3.63) is 42.2 Å². The number of hydrogen-bond donors (Lipinski definition) is 3. The van der Waals surface area contributed by atoms with Gasteiger partial charge in [-0.1, -0.05) is 0 Å². The molecular formula is C21H26F3N5O4S. The number of nitrogens with zero attached hydrogens (tertiary/aromatic N) is 2. The maximum atomic E-state index is 12.3. The summed E-state index contributed by atoms with van der Waals surface area (Å²) in [6, 6.07) is 5.58. The molecule has 1 fully saturated rings. The lowest BCUT2D eigenvalue weighted by molar-refractivity contribution is -0.138. The minimum atomic E-state index is -4.34. The highest BCUT2D eigenvalue weighted by Crippen LogP contribution is 2.41. The van der Waals surface area contributed by atoms with Gasteiger partial charge < -0.3 is 15.4 Å². The van der Waals surface area contributed by atoms with E-state index < -0.39 is 34.8 Å². The molecule has 1 aromatic heterocycles. The summed E-state index contributed by atoms with van der Waals surface area (Å²) in [5.74, 6) is 0.734. The van der Waals surface area contributed by atoms with E-state index in [4.69, 9.17) is 4.74 Å². The zero-order valence-corrected chi connectivity index (χ0v) is 19.4. The van der Waals surface area contributed by atoms with E-state index in [0.717, 1.165) is 24.7 Å². The number of nitrogens with one attached hydrogen (secondary N) is 3. The van der Waals surface area contributed by atoms with Crippen LogP contribution in [-0.4, -0.2) is 49.6 Å². The molecule has 3 rings (SSSR count). The molecule has 34 heavy (non-hydrogen) atoms. The summed E-state index contributed by atoms with van der Waals surface area (Å²) < 4.78 is 66.9. The molecule has 2 aromatic rings. The van der Waals surface area contributed by atoms with Gasteiger partial charge in [-0.05, 0) is 61.4 Å². The van der Waals surface area contributed by atoms with Crippen LogP contribution in [0.3, 0.4) is 0 Å². The number of carbonyl (C=O) groups excluding carboxylic acids is 1. The second-order valence-corrected chi connectivity index (χ2v) is 10.2. The molecule has 1 aliphatic carbocycles. The van der Waals surface area contributed by atoms with Gasteiger partial charge in [-0.15, -0.1) is 0 Å². The first-order valence-electron chi connectivity index (χ1n) is 10.5. The van der Waals surface area contributed by atoms with Gasteiger partial charge in [0, 0.05) is 29.8 Å². The Morgan fingerprint density at radius 3 is 2.29 bits per heavy atom. The number of anilines is 3. The van der Waals surface area contributed by atoms with Gasteiger partial charge in [0.25, 0.3) is 0 Å². The number of amides is 1. The number of ether oxygens (including phenoxy) is 1. The highest BCUT2D eigenvalue weighted by Gasteiger charge is 2.33. The first-order valence-corrected chi connectivity index (χ1v) is 12.4. The van der Waals surface area contributed by atoms with E-state index in [1.807, 2.05) is 0 Å². The number of rotatable bonds is 9. The number of carbonyl (C=O) groups is 1. The number of benzene rings is 1. The number of hydrogen-bond acceptors (Lipinski definition) is 7. The van der Waals surface area contributed by atoms with Crippen molar-refractivity contribution < 1.29 is 31.1 Å². The predicted octanol–water partition coefficient (Wildman–Crippen LogP) is 4.15. The summed E-state index contributed by atoms with van der Waals surface area (Å²) >= 11 is 0. The minimum Gasteiger partial charge on any atom is -0.449 e. The van der Waals surface area contributed by atoms with Crippen LogP contribution in [0.2, 0.25) is 0 Å². The molecule has 1 heterocycles. The summed E-state index contributed by atoms with van der Waals surface area (Å²) in [7, 11) is -3.34. The maximum absolute atomic E-state index is 12.3. The van der Waals surface area contributed by atoms with E-state index in [1.54, 1.807) is 36.7 Å². The number of alkyl carbamates (subject to hydrolysis) is 1. The van der Waals surface area contributed by atoms with Crippen molar-refractivity contribution in [2.45, 2.75) is 44.3 Å². The highest BCUT2D eigenvalue weighted by molar-refractivity contribution is 7.92. The molecule has 0 saturated heterocycles. The van der Waals surface area contributed by atoms with E-state index >= 15 is 0 Å². The Morgan fingerprint density at radius 1 is 1.15 bits per heavy atom. The van der Waals surface area contributed by atoms with Crippen molar-refractivity contribution in [3.63, 3.8) is 0 Å². The van der Waals surface area contributed by atoms with Crippen LogP contribution in [0.25, 0.3) is 0 Å². The molecule has 186 valence electrons. The largest absolute Gasteiger partial charge is 0.449 e. The zero-order chi connectivity index (χ0) is 24.9. The smallest absolute Gasteiger partial charge is 0.407 e. The Morgan fingerprint density at radius 2 is 1.74 bits per heavy atom. The van der Waals surface area contributed by atoms with E-state index in [0.29, 0.717) is 17.3 Å². The van der Waals surface area contributed by atoms with Gasteiger partial charge in [-0.2, -0.15) is 13.2 Å². The van der Waals surface area contributed by atoms with Gasteiger partial charge in [-0.3, -0.25) is 4.72 Å². The van der Waals surface area contributed by atoms with Gasteiger partial charge in [0.05, 0.1) is 19.3 Å². The van der Waals surface area contributed by atoms with E-state index in [-0.39, 0.29) is 18.4 Å². The second kappa shape index (κ2) is 10.5. The van der Waals surface area contributed by atoms with Crippen LogP contribution in [-0.2, 0) is 14.8 Å². The van der Waals surface area contributed by atoms with Crippen LogP contribution in [0.1, 0.15) is 37.7 Å². The van der Waals surface area contributed by atoms with Gasteiger partial charge in [0.15, 0.2) is 0 Å². The molecule has 0 unspecified atom stereocenters. The third-order valence-electron chi connectivity index (χ3n) is 5.18. The fourth-order valence-electron chi connectivity index (χ4n) is 3.56. The maximum Gasteiger partial charge on any atom is 0.407 e. The van der Waals surface area contributed by atoms with E-state index in [9.17, 15) is 26.4 Å². The second-order valence-electron chi connectivity index (χ2n) is 8.41. The fourth-order valence-corrected chi connectivity index (χ4v) is 4.12. The standard InChI is InChI=1S/C21H26F3N5O4S/c1-13(9-21(22,23)24)27-20(30)33-12-14-7-15(8-14)16-10-25-19(26-11-16)28-17-3-5-18(6-4-17)29-34(2,31)32/h3-6,10-11,13-15,29H,7-9,12H2,1-2H3,(H,27,30)(H,25,26,28)/t13-,14?,15?/m0/s1. The first kappa shape index (κ1) is 25.5. The Kier molecular flexibility index (Phi) is 7.85. The van der Waals surface area contributed by atoms with Gasteiger partial charge in [-0.25, -0.2) is 23.2 Å². The quantitative estimate of drug-likeness (QED) is 0.472. The normalized spacial score (nSPS) is 19.0. The van der Waals surface area contributed by atoms with Crippen LogP contribution in [0, 0.1) is 5.92 Å². The third-order valence-corrected chi connectivity index (χ3v) is 5.78. The minimum absolute atomic E-state index is 0.130. The van der Waals surface area contributed by atoms with Crippen LogP contribution in [0.4, 0.5) is 35.3 Å². The number of halogens is 3. The Labute approximate surface area is 195 Å². The number of alkyl halides is 3. The number of sulfonamides is 1. The van der Waals surface area contributed by atoms with Crippen molar-refractivity contribution in [2.75, 3.05) is 22.9 Å². The van der Waals surface area contributed by atoms with E-state index in [1.165, 1.54) is 6.92 Å². The summed E-state index contributed by atoms with van der Waals surface area (Å²) in [6.45, 7) is 1.42. The molecule has 0 radical (unpaired) electrons. The molecule has 1 saturated carbocycles.